The highest BCUT2D eigenvalue weighted by atomic mass is 16.6. The van der Waals surface area contributed by atoms with E-state index < -0.39 is 6.10 Å². The number of unbranched alkanes of at least 4 members (excludes halogenated alkanes) is 39. The molecule has 0 aliphatic rings. The van der Waals surface area contributed by atoms with Crippen molar-refractivity contribution < 1.29 is 28.6 Å². The van der Waals surface area contributed by atoms with Gasteiger partial charge in [0.2, 0.25) is 0 Å². The topological polar surface area (TPSA) is 78.9 Å². The summed E-state index contributed by atoms with van der Waals surface area (Å²) in [7, 11) is 0. The molecule has 0 saturated heterocycles. The van der Waals surface area contributed by atoms with Gasteiger partial charge >= 0.3 is 17.9 Å². The summed E-state index contributed by atoms with van der Waals surface area (Å²) in [4.78, 5) is 37.7. The quantitative estimate of drug-likeness (QED) is 0.0345. The first kappa shape index (κ1) is 58.4. The Morgan fingerprint density at radius 3 is 0.667 bits per heavy atom. The molecule has 1 unspecified atom stereocenters. The Bertz CT molecular complexity index is 889. The fourth-order valence-electron chi connectivity index (χ4n) is 8.27. The van der Waals surface area contributed by atoms with E-state index in [0.29, 0.717) is 19.3 Å². The molecule has 0 spiro atoms. The third kappa shape index (κ3) is 47.5. The lowest BCUT2D eigenvalue weighted by atomic mass is 10.0. The van der Waals surface area contributed by atoms with Gasteiger partial charge in [0.05, 0.1) is 0 Å². The molecule has 0 heterocycles. The highest BCUT2D eigenvalue weighted by Crippen LogP contribution is 2.17. The zero-order chi connectivity index (χ0) is 43.7. The number of carbonyl (C=O) groups excluding carboxylic acids is 3. The summed E-state index contributed by atoms with van der Waals surface area (Å²) in [5, 5.41) is 0. The van der Waals surface area contributed by atoms with Gasteiger partial charge in [-0.15, -0.1) is 0 Å². The van der Waals surface area contributed by atoms with Gasteiger partial charge in [-0.3, -0.25) is 14.4 Å². The first-order valence-corrected chi connectivity index (χ1v) is 27.0. The fraction of sp³-hybridized carbons (Fsp3) is 0.944. The minimum absolute atomic E-state index is 0.0629. The molecule has 0 amide bonds. The van der Waals surface area contributed by atoms with Gasteiger partial charge in [0.1, 0.15) is 13.2 Å². The average Bonchev–Trinajstić information content (AvgIpc) is 3.24. The first-order chi connectivity index (χ1) is 29.5. The molecular formula is C54H104O6. The average molecular weight is 849 g/mol. The second kappa shape index (κ2) is 50.1. The van der Waals surface area contributed by atoms with Gasteiger partial charge in [-0.25, -0.2) is 0 Å². The van der Waals surface area contributed by atoms with Crippen LogP contribution in [0.25, 0.3) is 0 Å². The standard InChI is InChI=1S/C54H104O6/c1-4-7-10-13-15-17-19-21-23-25-26-27-29-30-32-34-36-38-41-44-47-53(56)59-50-51(49-58-52(55)46-43-40-12-9-6-3)60-54(57)48-45-42-39-37-35-33-31-28-24-22-20-18-16-14-11-8-5-2/h51H,4-50H2,1-3H3. The summed E-state index contributed by atoms with van der Waals surface area (Å²) in [5.41, 5.74) is 0. The molecule has 0 fully saturated rings. The Labute approximate surface area is 374 Å². The molecule has 0 rings (SSSR count). The minimum Gasteiger partial charge on any atom is -0.462 e. The van der Waals surface area contributed by atoms with Crippen LogP contribution in [0.5, 0.6) is 0 Å². The van der Waals surface area contributed by atoms with Crippen molar-refractivity contribution in [3.05, 3.63) is 0 Å². The van der Waals surface area contributed by atoms with Crippen LogP contribution in [0.4, 0.5) is 0 Å². The van der Waals surface area contributed by atoms with E-state index >= 15 is 0 Å². The van der Waals surface area contributed by atoms with Crippen LogP contribution >= 0.6 is 0 Å². The molecule has 6 heteroatoms. The van der Waals surface area contributed by atoms with Crippen LogP contribution in [0.15, 0.2) is 0 Å². The lowest BCUT2D eigenvalue weighted by Gasteiger charge is -2.18. The maximum Gasteiger partial charge on any atom is 0.306 e. The van der Waals surface area contributed by atoms with Crippen molar-refractivity contribution in [3.63, 3.8) is 0 Å². The van der Waals surface area contributed by atoms with Crippen LogP contribution in [0.2, 0.25) is 0 Å². The number of carbonyl (C=O) groups is 3. The van der Waals surface area contributed by atoms with Crippen molar-refractivity contribution in [2.45, 2.75) is 316 Å². The molecule has 356 valence electrons. The Kier molecular flexibility index (Phi) is 48.7. The fourth-order valence-corrected chi connectivity index (χ4v) is 8.27. The molecule has 1 atom stereocenters. The van der Waals surface area contributed by atoms with Gasteiger partial charge in [-0.1, -0.05) is 271 Å². The zero-order valence-electron chi connectivity index (χ0n) is 40.8. The molecule has 0 N–H and O–H groups in total. The maximum absolute atomic E-state index is 12.7. The summed E-state index contributed by atoms with van der Waals surface area (Å²) in [6, 6.07) is 0. The maximum atomic E-state index is 12.7. The van der Waals surface area contributed by atoms with E-state index in [1.807, 2.05) is 0 Å². The van der Waals surface area contributed by atoms with Gasteiger partial charge in [0.25, 0.3) is 0 Å². The smallest absolute Gasteiger partial charge is 0.306 e. The van der Waals surface area contributed by atoms with Crippen molar-refractivity contribution in [1.29, 1.82) is 0 Å². The lowest BCUT2D eigenvalue weighted by molar-refractivity contribution is -0.167. The van der Waals surface area contributed by atoms with Gasteiger partial charge in [0, 0.05) is 19.3 Å². The van der Waals surface area contributed by atoms with Gasteiger partial charge in [0.15, 0.2) is 6.10 Å². The summed E-state index contributed by atoms with van der Waals surface area (Å²) in [6.07, 6.45) is 54.2. The molecule has 0 aliphatic carbocycles. The van der Waals surface area contributed by atoms with Crippen molar-refractivity contribution in [2.75, 3.05) is 13.2 Å². The largest absolute Gasteiger partial charge is 0.462 e. The first-order valence-electron chi connectivity index (χ1n) is 27.0. The van der Waals surface area contributed by atoms with Crippen LogP contribution in [0, 0.1) is 0 Å². The molecule has 0 bridgehead atoms. The highest BCUT2D eigenvalue weighted by molar-refractivity contribution is 5.71. The zero-order valence-corrected chi connectivity index (χ0v) is 40.8. The molecule has 0 aliphatic heterocycles. The Balaban J connectivity index is 4.06. The highest BCUT2D eigenvalue weighted by Gasteiger charge is 2.19. The van der Waals surface area contributed by atoms with Gasteiger partial charge < -0.3 is 14.2 Å². The van der Waals surface area contributed by atoms with E-state index in [4.69, 9.17) is 14.2 Å². The summed E-state index contributed by atoms with van der Waals surface area (Å²) >= 11 is 0. The van der Waals surface area contributed by atoms with Crippen molar-refractivity contribution in [3.8, 4) is 0 Å². The number of esters is 3. The third-order valence-electron chi connectivity index (χ3n) is 12.4. The second-order valence-corrected chi connectivity index (χ2v) is 18.5. The van der Waals surface area contributed by atoms with E-state index in [2.05, 4.69) is 20.8 Å². The van der Waals surface area contributed by atoms with Crippen molar-refractivity contribution >= 4 is 17.9 Å². The Morgan fingerprint density at radius 2 is 0.450 bits per heavy atom. The van der Waals surface area contributed by atoms with E-state index in [-0.39, 0.29) is 31.1 Å². The third-order valence-corrected chi connectivity index (χ3v) is 12.4. The Morgan fingerprint density at radius 1 is 0.267 bits per heavy atom. The van der Waals surface area contributed by atoms with E-state index in [1.54, 1.807) is 0 Å². The molecule has 60 heavy (non-hydrogen) atoms. The van der Waals surface area contributed by atoms with Crippen LogP contribution in [0.1, 0.15) is 310 Å². The predicted molar refractivity (Wildman–Crippen MR) is 257 cm³/mol. The summed E-state index contributed by atoms with van der Waals surface area (Å²) in [5.74, 6) is -0.855. The summed E-state index contributed by atoms with van der Waals surface area (Å²) < 4.78 is 16.7. The molecule has 6 nitrogen and oxygen atoms in total. The van der Waals surface area contributed by atoms with Gasteiger partial charge in [-0.05, 0) is 19.3 Å². The van der Waals surface area contributed by atoms with Crippen molar-refractivity contribution in [2.24, 2.45) is 0 Å². The number of hydrogen-bond acceptors (Lipinski definition) is 6. The predicted octanol–water partition coefficient (Wildman–Crippen LogP) is 17.6. The van der Waals surface area contributed by atoms with Crippen molar-refractivity contribution in [1.82, 2.24) is 0 Å². The van der Waals surface area contributed by atoms with E-state index in [1.165, 1.54) is 205 Å². The number of hydrogen-bond donors (Lipinski definition) is 0. The van der Waals surface area contributed by atoms with Gasteiger partial charge in [-0.2, -0.15) is 0 Å². The summed E-state index contributed by atoms with van der Waals surface area (Å²) in [6.45, 7) is 6.61. The molecular weight excluding hydrogens is 745 g/mol. The molecule has 0 saturated carbocycles. The lowest BCUT2D eigenvalue weighted by Crippen LogP contribution is -2.30. The van der Waals surface area contributed by atoms with Crippen LogP contribution in [-0.4, -0.2) is 37.2 Å². The minimum atomic E-state index is -0.758. The second-order valence-electron chi connectivity index (χ2n) is 18.5. The molecule has 0 radical (unpaired) electrons. The van der Waals surface area contributed by atoms with Crippen LogP contribution in [0.3, 0.4) is 0 Å². The normalized spacial score (nSPS) is 11.8. The SMILES string of the molecule is CCCCCCCCCCCCCCCCCCCCCCC(=O)OCC(COC(=O)CCCCCCC)OC(=O)CCCCCCCCCCCCCCCCCCC. The van der Waals surface area contributed by atoms with E-state index in [9.17, 15) is 14.4 Å². The molecule has 0 aromatic heterocycles. The monoisotopic (exact) mass is 849 g/mol. The van der Waals surface area contributed by atoms with Crippen LogP contribution < -0.4 is 0 Å². The molecule has 0 aromatic rings. The number of rotatable bonds is 50. The van der Waals surface area contributed by atoms with Crippen LogP contribution in [-0.2, 0) is 28.6 Å². The molecule has 0 aromatic carbocycles. The Hall–Kier alpha value is -1.59. The number of ether oxygens (including phenoxy) is 3. The van der Waals surface area contributed by atoms with E-state index in [0.717, 1.165) is 64.2 Å².